The number of carbonyl (C=O) groups excluding carboxylic acids is 2. The van der Waals surface area contributed by atoms with E-state index in [0.29, 0.717) is 39.1 Å². The largest absolute Gasteiger partial charge is 0.497 e. The van der Waals surface area contributed by atoms with Crippen molar-refractivity contribution in [3.63, 3.8) is 0 Å². The fourth-order valence-corrected chi connectivity index (χ4v) is 3.56. The van der Waals surface area contributed by atoms with Crippen molar-refractivity contribution >= 4 is 11.8 Å². The predicted molar refractivity (Wildman–Crippen MR) is 98.0 cm³/mol. The molecule has 0 unspecified atom stereocenters. The number of rotatable bonds is 6. The standard InChI is InChI=1S/C20H28N2O4/c1-25-18-5-2-15(3-6-18)8-11-22-14-16(4-7-19(22)23)20(24)21-17-9-12-26-13-10-17/h2-3,5-6,16-17H,4,7-14H2,1H3,(H,21,24)/t16-/m0/s1. The zero-order valence-electron chi connectivity index (χ0n) is 15.4. The van der Waals surface area contributed by atoms with E-state index in [1.54, 1.807) is 7.11 Å². The maximum Gasteiger partial charge on any atom is 0.225 e. The summed E-state index contributed by atoms with van der Waals surface area (Å²) in [6.45, 7) is 2.58. The lowest BCUT2D eigenvalue weighted by Gasteiger charge is -2.33. The van der Waals surface area contributed by atoms with Crippen molar-refractivity contribution in [1.29, 1.82) is 0 Å². The van der Waals surface area contributed by atoms with Gasteiger partial charge in [-0.25, -0.2) is 0 Å². The van der Waals surface area contributed by atoms with Crippen LogP contribution in [0.15, 0.2) is 24.3 Å². The van der Waals surface area contributed by atoms with Gasteiger partial charge in [-0.1, -0.05) is 12.1 Å². The molecule has 2 amide bonds. The SMILES string of the molecule is COc1ccc(CCN2C[C@@H](C(=O)NC3CCOCC3)CCC2=O)cc1. The van der Waals surface area contributed by atoms with Gasteiger partial charge in [-0.05, 0) is 43.4 Å². The Bertz CT molecular complexity index is 611. The Morgan fingerprint density at radius 2 is 1.96 bits per heavy atom. The first kappa shape index (κ1) is 18.7. The molecule has 0 spiro atoms. The fraction of sp³-hybridized carbons (Fsp3) is 0.600. The molecule has 2 aliphatic rings. The zero-order valence-corrected chi connectivity index (χ0v) is 15.4. The Morgan fingerprint density at radius 3 is 2.65 bits per heavy atom. The van der Waals surface area contributed by atoms with Gasteiger partial charge in [0.25, 0.3) is 0 Å². The zero-order chi connectivity index (χ0) is 18.4. The van der Waals surface area contributed by atoms with Crippen LogP contribution in [0.4, 0.5) is 0 Å². The second-order valence-electron chi connectivity index (χ2n) is 7.07. The minimum atomic E-state index is -0.105. The molecule has 6 heteroatoms. The Hall–Kier alpha value is -2.08. The van der Waals surface area contributed by atoms with Crippen molar-refractivity contribution in [2.75, 3.05) is 33.4 Å². The van der Waals surface area contributed by atoms with Crippen LogP contribution in [-0.4, -0.2) is 56.2 Å². The van der Waals surface area contributed by atoms with E-state index in [-0.39, 0.29) is 23.8 Å². The van der Waals surface area contributed by atoms with Gasteiger partial charge >= 0.3 is 0 Å². The minimum absolute atomic E-state index is 0.0823. The summed E-state index contributed by atoms with van der Waals surface area (Å²) in [5, 5.41) is 3.14. The van der Waals surface area contributed by atoms with Gasteiger partial charge in [0.05, 0.1) is 13.0 Å². The number of piperidine rings is 1. The van der Waals surface area contributed by atoms with Gasteiger partial charge in [-0.3, -0.25) is 9.59 Å². The molecule has 142 valence electrons. The highest BCUT2D eigenvalue weighted by Crippen LogP contribution is 2.20. The molecule has 0 bridgehead atoms. The Kier molecular flexibility index (Phi) is 6.50. The maximum absolute atomic E-state index is 12.6. The number of carbonyl (C=O) groups is 2. The van der Waals surface area contributed by atoms with Gasteiger partial charge in [0.2, 0.25) is 11.8 Å². The monoisotopic (exact) mass is 360 g/mol. The summed E-state index contributed by atoms with van der Waals surface area (Å²) in [6.07, 6.45) is 3.63. The highest BCUT2D eigenvalue weighted by molar-refractivity contribution is 5.84. The summed E-state index contributed by atoms with van der Waals surface area (Å²) in [7, 11) is 1.65. The Morgan fingerprint density at radius 1 is 1.23 bits per heavy atom. The minimum Gasteiger partial charge on any atom is -0.497 e. The first-order chi connectivity index (χ1) is 12.7. The van der Waals surface area contributed by atoms with Gasteiger partial charge in [0.15, 0.2) is 0 Å². The van der Waals surface area contributed by atoms with E-state index in [0.717, 1.165) is 30.6 Å². The number of amides is 2. The molecule has 2 fully saturated rings. The van der Waals surface area contributed by atoms with Crippen molar-refractivity contribution in [2.24, 2.45) is 5.92 Å². The molecule has 2 aliphatic heterocycles. The normalized spacial score (nSPS) is 21.5. The van der Waals surface area contributed by atoms with Crippen LogP contribution >= 0.6 is 0 Å². The van der Waals surface area contributed by atoms with Gasteiger partial charge in [0.1, 0.15) is 5.75 Å². The van der Waals surface area contributed by atoms with Gasteiger partial charge < -0.3 is 19.7 Å². The van der Waals surface area contributed by atoms with Crippen LogP contribution in [0.2, 0.25) is 0 Å². The molecule has 1 N–H and O–H groups in total. The van der Waals surface area contributed by atoms with Crippen LogP contribution in [0.25, 0.3) is 0 Å². The lowest BCUT2D eigenvalue weighted by atomic mass is 9.95. The average Bonchev–Trinajstić information content (AvgIpc) is 2.68. The summed E-state index contributed by atoms with van der Waals surface area (Å²) in [5.41, 5.74) is 1.16. The first-order valence-electron chi connectivity index (χ1n) is 9.44. The predicted octanol–water partition coefficient (Wildman–Crippen LogP) is 1.77. The molecular formula is C20H28N2O4. The smallest absolute Gasteiger partial charge is 0.225 e. The van der Waals surface area contributed by atoms with Crippen molar-refractivity contribution in [3.05, 3.63) is 29.8 Å². The maximum atomic E-state index is 12.6. The van der Waals surface area contributed by atoms with E-state index >= 15 is 0 Å². The van der Waals surface area contributed by atoms with E-state index in [4.69, 9.17) is 9.47 Å². The molecule has 1 aromatic rings. The van der Waals surface area contributed by atoms with Gasteiger partial charge in [0, 0.05) is 38.8 Å². The van der Waals surface area contributed by atoms with Gasteiger partial charge in [-0.15, -0.1) is 0 Å². The third kappa shape index (κ3) is 4.97. The lowest BCUT2D eigenvalue weighted by molar-refractivity contribution is -0.138. The van der Waals surface area contributed by atoms with Crippen LogP contribution < -0.4 is 10.1 Å². The number of nitrogens with one attached hydrogen (secondary N) is 1. The lowest BCUT2D eigenvalue weighted by Crippen LogP contribution is -2.49. The number of hydrogen-bond acceptors (Lipinski definition) is 4. The van der Waals surface area contributed by atoms with E-state index in [1.165, 1.54) is 0 Å². The molecule has 0 saturated carbocycles. The summed E-state index contributed by atoms with van der Waals surface area (Å²) in [4.78, 5) is 26.6. The molecule has 0 aliphatic carbocycles. The molecule has 2 heterocycles. The van der Waals surface area contributed by atoms with E-state index < -0.39 is 0 Å². The molecule has 0 aromatic heterocycles. The van der Waals surface area contributed by atoms with Crippen LogP contribution in [0.1, 0.15) is 31.2 Å². The van der Waals surface area contributed by atoms with Crippen molar-refractivity contribution in [1.82, 2.24) is 10.2 Å². The molecular weight excluding hydrogens is 332 g/mol. The van der Waals surface area contributed by atoms with Crippen molar-refractivity contribution in [2.45, 2.75) is 38.1 Å². The van der Waals surface area contributed by atoms with Crippen molar-refractivity contribution in [3.8, 4) is 5.75 Å². The van der Waals surface area contributed by atoms with Crippen LogP contribution in [0.5, 0.6) is 5.75 Å². The number of benzene rings is 1. The average molecular weight is 360 g/mol. The van der Waals surface area contributed by atoms with Crippen molar-refractivity contribution < 1.29 is 19.1 Å². The number of hydrogen-bond donors (Lipinski definition) is 1. The number of ether oxygens (including phenoxy) is 2. The number of likely N-dealkylation sites (tertiary alicyclic amines) is 1. The van der Waals surface area contributed by atoms with Crippen LogP contribution in [0, 0.1) is 5.92 Å². The highest BCUT2D eigenvalue weighted by Gasteiger charge is 2.31. The molecule has 1 atom stereocenters. The molecule has 26 heavy (non-hydrogen) atoms. The number of methoxy groups -OCH3 is 1. The fourth-order valence-electron chi connectivity index (χ4n) is 3.56. The summed E-state index contributed by atoms with van der Waals surface area (Å²) in [6, 6.07) is 8.10. The van der Waals surface area contributed by atoms with E-state index in [9.17, 15) is 9.59 Å². The highest BCUT2D eigenvalue weighted by atomic mass is 16.5. The molecule has 3 rings (SSSR count). The molecule has 6 nitrogen and oxygen atoms in total. The van der Waals surface area contributed by atoms with E-state index in [1.807, 2.05) is 29.2 Å². The second kappa shape index (κ2) is 9.03. The molecule has 1 aromatic carbocycles. The molecule has 2 saturated heterocycles. The Labute approximate surface area is 154 Å². The summed E-state index contributed by atoms with van der Waals surface area (Å²) >= 11 is 0. The first-order valence-corrected chi connectivity index (χ1v) is 9.44. The van der Waals surface area contributed by atoms with Gasteiger partial charge in [-0.2, -0.15) is 0 Å². The quantitative estimate of drug-likeness (QED) is 0.840. The van der Waals surface area contributed by atoms with E-state index in [2.05, 4.69) is 5.32 Å². The van der Waals surface area contributed by atoms with Crippen LogP contribution in [-0.2, 0) is 20.7 Å². The number of nitrogens with zero attached hydrogens (tertiary/aromatic N) is 1. The van der Waals surface area contributed by atoms with Crippen LogP contribution in [0.3, 0.4) is 0 Å². The molecule has 0 radical (unpaired) electrons. The third-order valence-corrected chi connectivity index (χ3v) is 5.27. The third-order valence-electron chi connectivity index (χ3n) is 5.27. The summed E-state index contributed by atoms with van der Waals surface area (Å²) < 4.78 is 10.5. The second-order valence-corrected chi connectivity index (χ2v) is 7.07. The summed E-state index contributed by atoms with van der Waals surface area (Å²) in [5.74, 6) is 0.950. The topological polar surface area (TPSA) is 67.9 Å². The Balaban J connectivity index is 1.50.